The van der Waals surface area contributed by atoms with E-state index in [9.17, 15) is 4.79 Å². The summed E-state index contributed by atoms with van der Waals surface area (Å²) < 4.78 is 11.3. The van der Waals surface area contributed by atoms with Gasteiger partial charge in [0.05, 0.1) is 7.11 Å². The molecule has 26 heavy (non-hydrogen) atoms. The molecule has 1 saturated carbocycles. The number of carbonyl (C=O) groups is 1. The van der Waals surface area contributed by atoms with Crippen molar-refractivity contribution in [3.05, 3.63) is 41.0 Å². The Morgan fingerprint density at radius 3 is 2.77 bits per heavy atom. The fourth-order valence-electron chi connectivity index (χ4n) is 5.39. The summed E-state index contributed by atoms with van der Waals surface area (Å²) in [7, 11) is 1.73. The Bertz CT molecular complexity index is 869. The monoisotopic (exact) mass is 352 g/mol. The van der Waals surface area contributed by atoms with Crippen LogP contribution in [-0.2, 0) is 16.0 Å². The normalized spacial score (nSPS) is 27.5. The van der Waals surface area contributed by atoms with Crippen LogP contribution < -0.4 is 4.74 Å². The molecule has 4 rings (SSSR count). The highest BCUT2D eigenvalue weighted by atomic mass is 16.5. The second-order valence-electron chi connectivity index (χ2n) is 8.26. The van der Waals surface area contributed by atoms with Crippen molar-refractivity contribution in [2.45, 2.75) is 64.9 Å². The summed E-state index contributed by atoms with van der Waals surface area (Å²) in [5.41, 5.74) is 4.18. The third kappa shape index (κ3) is 2.60. The van der Waals surface area contributed by atoms with Crippen LogP contribution in [0.1, 0.15) is 62.1 Å². The van der Waals surface area contributed by atoms with Crippen LogP contribution in [0.25, 0.3) is 10.8 Å². The average molecular weight is 352 g/mol. The maximum Gasteiger partial charge on any atom is 0.302 e. The zero-order valence-corrected chi connectivity index (χ0v) is 16.2. The van der Waals surface area contributed by atoms with Gasteiger partial charge < -0.3 is 9.47 Å². The second kappa shape index (κ2) is 6.29. The summed E-state index contributed by atoms with van der Waals surface area (Å²) >= 11 is 0. The highest BCUT2D eigenvalue weighted by Crippen LogP contribution is 2.55. The Morgan fingerprint density at radius 2 is 2.04 bits per heavy atom. The predicted molar refractivity (Wildman–Crippen MR) is 104 cm³/mol. The maximum absolute atomic E-state index is 11.6. The minimum absolute atomic E-state index is 0.0419. The average Bonchev–Trinajstić information content (AvgIpc) is 2.61. The van der Waals surface area contributed by atoms with Gasteiger partial charge in [-0.25, -0.2) is 0 Å². The number of rotatable bonds is 2. The Hall–Kier alpha value is -2.03. The summed E-state index contributed by atoms with van der Waals surface area (Å²) in [6.45, 7) is 5.98. The molecule has 0 aliphatic heterocycles. The van der Waals surface area contributed by atoms with Crippen LogP contribution in [0.3, 0.4) is 0 Å². The zero-order chi connectivity index (χ0) is 18.5. The van der Waals surface area contributed by atoms with Crippen molar-refractivity contribution in [1.82, 2.24) is 0 Å². The highest BCUT2D eigenvalue weighted by Gasteiger charge is 2.49. The van der Waals surface area contributed by atoms with Gasteiger partial charge in [-0.05, 0) is 84.5 Å². The van der Waals surface area contributed by atoms with E-state index >= 15 is 0 Å². The summed E-state index contributed by atoms with van der Waals surface area (Å²) in [6, 6.07) is 8.98. The number of hydrogen-bond donors (Lipinski definition) is 0. The first-order chi connectivity index (χ1) is 12.4. The van der Waals surface area contributed by atoms with Crippen molar-refractivity contribution in [3.63, 3.8) is 0 Å². The molecule has 0 N–H and O–H groups in total. The maximum atomic E-state index is 11.6. The Kier molecular flexibility index (Phi) is 4.21. The van der Waals surface area contributed by atoms with E-state index in [1.54, 1.807) is 7.11 Å². The molecular weight excluding hydrogens is 324 g/mol. The largest absolute Gasteiger partial charge is 0.496 e. The minimum atomic E-state index is -0.149. The lowest BCUT2D eigenvalue weighted by Gasteiger charge is -2.50. The van der Waals surface area contributed by atoms with Crippen LogP contribution in [-0.4, -0.2) is 19.2 Å². The molecule has 2 aliphatic carbocycles. The summed E-state index contributed by atoms with van der Waals surface area (Å²) in [5.74, 6) is 1.27. The molecule has 3 heteroatoms. The van der Waals surface area contributed by atoms with Crippen molar-refractivity contribution in [3.8, 4) is 5.75 Å². The van der Waals surface area contributed by atoms with Crippen LogP contribution in [0.2, 0.25) is 0 Å². The van der Waals surface area contributed by atoms with E-state index in [0.717, 1.165) is 31.4 Å². The first-order valence-electron chi connectivity index (χ1n) is 9.71. The molecule has 0 bridgehead atoms. The van der Waals surface area contributed by atoms with E-state index in [1.165, 1.54) is 40.8 Å². The van der Waals surface area contributed by atoms with Gasteiger partial charge in [0, 0.05) is 12.3 Å². The molecule has 138 valence electrons. The van der Waals surface area contributed by atoms with E-state index < -0.39 is 0 Å². The minimum Gasteiger partial charge on any atom is -0.496 e. The topological polar surface area (TPSA) is 35.5 Å². The Balaban J connectivity index is 1.81. The van der Waals surface area contributed by atoms with Crippen LogP contribution in [0.4, 0.5) is 0 Å². The van der Waals surface area contributed by atoms with Gasteiger partial charge >= 0.3 is 5.97 Å². The number of methoxy groups -OCH3 is 1. The molecule has 0 aromatic heterocycles. The highest BCUT2D eigenvalue weighted by molar-refractivity contribution is 5.89. The molecule has 0 spiro atoms. The Morgan fingerprint density at radius 1 is 1.23 bits per heavy atom. The van der Waals surface area contributed by atoms with Gasteiger partial charge in [0.1, 0.15) is 11.9 Å². The van der Waals surface area contributed by atoms with E-state index in [4.69, 9.17) is 9.47 Å². The fourth-order valence-corrected chi connectivity index (χ4v) is 5.39. The van der Waals surface area contributed by atoms with E-state index in [-0.39, 0.29) is 17.5 Å². The molecule has 0 unspecified atom stereocenters. The van der Waals surface area contributed by atoms with Gasteiger partial charge in [-0.2, -0.15) is 0 Å². The van der Waals surface area contributed by atoms with Crippen LogP contribution >= 0.6 is 0 Å². The number of carbonyl (C=O) groups excluding carboxylic acids is 1. The van der Waals surface area contributed by atoms with Crippen molar-refractivity contribution in [2.75, 3.05) is 7.11 Å². The van der Waals surface area contributed by atoms with Crippen molar-refractivity contribution >= 4 is 16.7 Å². The lowest BCUT2D eigenvalue weighted by atomic mass is 9.57. The number of hydrogen-bond acceptors (Lipinski definition) is 3. The van der Waals surface area contributed by atoms with E-state index in [0.29, 0.717) is 5.92 Å². The third-order valence-electron chi connectivity index (χ3n) is 6.77. The molecule has 0 amide bonds. The van der Waals surface area contributed by atoms with Gasteiger partial charge in [0.25, 0.3) is 0 Å². The molecule has 0 heterocycles. The molecule has 2 aromatic carbocycles. The number of ether oxygens (including phenoxy) is 2. The number of fused-ring (bicyclic) bond motifs is 5. The summed E-state index contributed by atoms with van der Waals surface area (Å²) in [6.07, 6.45) is 5.46. The van der Waals surface area contributed by atoms with E-state index in [2.05, 4.69) is 38.1 Å². The molecule has 0 saturated heterocycles. The second-order valence-corrected chi connectivity index (χ2v) is 8.26. The smallest absolute Gasteiger partial charge is 0.302 e. The Labute approximate surface area is 155 Å². The van der Waals surface area contributed by atoms with Gasteiger partial charge in [-0.3, -0.25) is 4.79 Å². The van der Waals surface area contributed by atoms with Crippen LogP contribution in [0, 0.1) is 12.3 Å². The molecule has 3 atom stereocenters. The number of benzene rings is 2. The summed E-state index contributed by atoms with van der Waals surface area (Å²) in [4.78, 5) is 11.6. The first kappa shape index (κ1) is 17.4. The quantitative estimate of drug-likeness (QED) is 0.687. The standard InChI is InChI=1S/C23H28O3/c1-14-12-19-16(13-21(14)25-4)8-9-18-17(19)10-11-23(3)20(18)6-5-7-22(23)26-15(2)24/h8-9,12-13,20,22H,5-7,10-11H2,1-4H3/t20-,22-,23-/m0/s1. The van der Waals surface area contributed by atoms with Gasteiger partial charge in [-0.15, -0.1) is 0 Å². The molecule has 1 fully saturated rings. The van der Waals surface area contributed by atoms with Gasteiger partial charge in [-0.1, -0.05) is 19.1 Å². The molecule has 3 nitrogen and oxygen atoms in total. The predicted octanol–water partition coefficient (Wildman–Crippen LogP) is 5.31. The molecular formula is C23H28O3. The molecule has 2 aromatic rings. The fraction of sp³-hybridized carbons (Fsp3) is 0.522. The van der Waals surface area contributed by atoms with Crippen molar-refractivity contribution in [2.24, 2.45) is 5.41 Å². The molecule has 2 aliphatic rings. The SMILES string of the molecule is COc1cc2ccc3c(c2cc1C)CC[C@]1(C)[C@@H](OC(C)=O)CCC[C@@H]31. The third-order valence-corrected chi connectivity index (χ3v) is 6.77. The number of esters is 1. The number of aryl methyl sites for hydroxylation is 2. The lowest BCUT2D eigenvalue weighted by Crippen LogP contribution is -2.46. The molecule has 0 radical (unpaired) electrons. The van der Waals surface area contributed by atoms with Gasteiger partial charge in [0.2, 0.25) is 0 Å². The lowest BCUT2D eigenvalue weighted by molar-refractivity contribution is -0.158. The van der Waals surface area contributed by atoms with Crippen LogP contribution in [0.15, 0.2) is 24.3 Å². The zero-order valence-electron chi connectivity index (χ0n) is 16.2. The van der Waals surface area contributed by atoms with Crippen molar-refractivity contribution in [1.29, 1.82) is 0 Å². The van der Waals surface area contributed by atoms with Crippen molar-refractivity contribution < 1.29 is 14.3 Å². The van der Waals surface area contributed by atoms with Gasteiger partial charge in [0.15, 0.2) is 0 Å². The summed E-state index contributed by atoms with van der Waals surface area (Å²) in [5, 5.41) is 2.61. The van der Waals surface area contributed by atoms with Crippen LogP contribution in [0.5, 0.6) is 5.75 Å². The van der Waals surface area contributed by atoms with E-state index in [1.807, 2.05) is 0 Å². The first-order valence-corrected chi connectivity index (χ1v) is 9.71.